The molecular weight excluding hydrogens is 430 g/mol. The second-order valence-electron chi connectivity index (χ2n) is 9.13. The van der Waals surface area contributed by atoms with Crippen molar-refractivity contribution in [3.63, 3.8) is 0 Å². The normalized spacial score (nSPS) is 18.3. The molecule has 0 radical (unpaired) electrons. The fraction of sp³-hybridized carbons (Fsp3) is 0.423. The Kier molecular flexibility index (Phi) is 6.78. The second-order valence-corrected chi connectivity index (χ2v) is 10.1. The molecular formula is C26H31N5OS. The molecule has 6 nitrogen and oxygen atoms in total. The third kappa shape index (κ3) is 5.31. The van der Waals surface area contributed by atoms with Gasteiger partial charge in [0, 0.05) is 31.0 Å². The van der Waals surface area contributed by atoms with E-state index < -0.39 is 0 Å². The Morgan fingerprint density at radius 1 is 1.09 bits per heavy atom. The Balaban J connectivity index is 1.17. The molecule has 7 heteroatoms. The summed E-state index contributed by atoms with van der Waals surface area (Å²) in [7, 11) is 2.06. The quantitative estimate of drug-likeness (QED) is 0.528. The van der Waals surface area contributed by atoms with Crippen molar-refractivity contribution < 1.29 is 4.79 Å². The summed E-state index contributed by atoms with van der Waals surface area (Å²) in [6.45, 7) is 2.20. The van der Waals surface area contributed by atoms with Crippen LogP contribution in [0.4, 0.5) is 5.69 Å². The fourth-order valence-corrected chi connectivity index (χ4v) is 5.87. The molecule has 1 fully saturated rings. The molecule has 2 aromatic carbocycles. The second kappa shape index (κ2) is 10.1. The van der Waals surface area contributed by atoms with Crippen molar-refractivity contribution in [3.8, 4) is 0 Å². The van der Waals surface area contributed by atoms with Gasteiger partial charge in [-0.1, -0.05) is 48.2 Å². The Morgan fingerprint density at radius 2 is 1.94 bits per heavy atom. The maximum Gasteiger partial charge on any atom is 0.238 e. The maximum atomic E-state index is 12.7. The molecule has 5 rings (SSSR count). The summed E-state index contributed by atoms with van der Waals surface area (Å²) >= 11 is 1.72. The molecule has 0 spiro atoms. The molecule has 1 amide bonds. The fourth-order valence-electron chi connectivity index (χ4n) is 4.99. The predicted octanol–water partition coefficient (Wildman–Crippen LogP) is 4.41. The minimum atomic E-state index is 0.0608. The monoisotopic (exact) mass is 461 g/mol. The molecule has 1 aliphatic carbocycles. The van der Waals surface area contributed by atoms with Crippen LogP contribution in [0, 0.1) is 0 Å². The molecule has 0 bridgehead atoms. The molecule has 2 heterocycles. The highest BCUT2D eigenvalue weighted by molar-refractivity contribution is 7.98. The average Bonchev–Trinajstić information content (AvgIpc) is 3.44. The first kappa shape index (κ1) is 22.2. The van der Waals surface area contributed by atoms with Gasteiger partial charge in [0.15, 0.2) is 5.16 Å². The van der Waals surface area contributed by atoms with Crippen molar-refractivity contribution in [3.05, 3.63) is 71.0 Å². The van der Waals surface area contributed by atoms with Gasteiger partial charge < -0.3 is 9.88 Å². The van der Waals surface area contributed by atoms with E-state index in [2.05, 4.69) is 68.4 Å². The Labute approximate surface area is 199 Å². The standard InChI is InChI=1S/C26H31N5OS/c1-30-25(28-29-26(30)33-18-19-7-3-2-4-8-19)22-11-6-14-31(16-22)17-24(32)27-23-13-12-20-9-5-10-21(20)15-23/h2-4,7-8,12-13,15,22H,5-6,9-11,14,16-18H2,1H3,(H,27,32)/t22-/m1/s1. The highest BCUT2D eigenvalue weighted by Crippen LogP contribution is 2.29. The number of hydrogen-bond donors (Lipinski definition) is 1. The van der Waals surface area contributed by atoms with E-state index in [0.29, 0.717) is 12.5 Å². The molecule has 1 aliphatic heterocycles. The summed E-state index contributed by atoms with van der Waals surface area (Å²) < 4.78 is 2.13. The van der Waals surface area contributed by atoms with Crippen LogP contribution in [0.15, 0.2) is 53.7 Å². The number of thioether (sulfide) groups is 1. The highest BCUT2D eigenvalue weighted by Gasteiger charge is 2.27. The topological polar surface area (TPSA) is 63.1 Å². The lowest BCUT2D eigenvalue weighted by atomic mass is 9.97. The number of carbonyl (C=O) groups is 1. The number of likely N-dealkylation sites (tertiary alicyclic amines) is 1. The predicted molar refractivity (Wildman–Crippen MR) is 133 cm³/mol. The van der Waals surface area contributed by atoms with E-state index in [-0.39, 0.29) is 5.91 Å². The van der Waals surface area contributed by atoms with Gasteiger partial charge in [0.25, 0.3) is 0 Å². The minimum Gasteiger partial charge on any atom is -0.325 e. The van der Waals surface area contributed by atoms with Gasteiger partial charge in [-0.05, 0) is 67.5 Å². The number of aryl methyl sites for hydroxylation is 2. The molecule has 0 saturated carbocycles. The molecule has 172 valence electrons. The van der Waals surface area contributed by atoms with Gasteiger partial charge in [-0.25, -0.2) is 0 Å². The smallest absolute Gasteiger partial charge is 0.238 e. The van der Waals surface area contributed by atoms with Crippen molar-refractivity contribution >= 4 is 23.4 Å². The van der Waals surface area contributed by atoms with E-state index >= 15 is 0 Å². The van der Waals surface area contributed by atoms with E-state index in [1.54, 1.807) is 11.8 Å². The van der Waals surface area contributed by atoms with Crippen molar-refractivity contribution in [2.75, 3.05) is 25.0 Å². The molecule has 1 aromatic heterocycles. The number of hydrogen-bond acceptors (Lipinski definition) is 5. The van der Waals surface area contributed by atoms with E-state index in [1.165, 1.54) is 23.1 Å². The zero-order valence-electron chi connectivity index (χ0n) is 19.2. The lowest BCUT2D eigenvalue weighted by Crippen LogP contribution is -2.40. The van der Waals surface area contributed by atoms with Gasteiger partial charge in [0.1, 0.15) is 5.82 Å². The number of nitrogens with one attached hydrogen (secondary N) is 1. The zero-order valence-corrected chi connectivity index (χ0v) is 20.0. The molecule has 1 atom stereocenters. The molecule has 3 aromatic rings. The van der Waals surface area contributed by atoms with Crippen LogP contribution in [0.2, 0.25) is 0 Å². The summed E-state index contributed by atoms with van der Waals surface area (Å²) in [5, 5.41) is 13.0. The largest absolute Gasteiger partial charge is 0.325 e. The van der Waals surface area contributed by atoms with Crippen LogP contribution in [0.25, 0.3) is 0 Å². The van der Waals surface area contributed by atoms with Crippen LogP contribution in [-0.4, -0.2) is 45.2 Å². The number of carbonyl (C=O) groups excluding carboxylic acids is 1. The number of aromatic nitrogens is 3. The summed E-state index contributed by atoms with van der Waals surface area (Å²) in [6.07, 6.45) is 5.65. The number of piperidine rings is 1. The van der Waals surface area contributed by atoms with E-state index in [4.69, 9.17) is 0 Å². The van der Waals surface area contributed by atoms with Crippen LogP contribution in [0.3, 0.4) is 0 Å². The third-order valence-electron chi connectivity index (χ3n) is 6.70. The first-order valence-electron chi connectivity index (χ1n) is 11.9. The number of amides is 1. The van der Waals surface area contributed by atoms with Gasteiger partial charge in [-0.2, -0.15) is 0 Å². The third-order valence-corrected chi connectivity index (χ3v) is 7.79. The molecule has 0 unspecified atom stereocenters. The molecule has 33 heavy (non-hydrogen) atoms. The number of fused-ring (bicyclic) bond motifs is 1. The van der Waals surface area contributed by atoms with Crippen molar-refractivity contribution in [1.82, 2.24) is 19.7 Å². The lowest BCUT2D eigenvalue weighted by Gasteiger charge is -2.31. The molecule has 2 aliphatic rings. The summed E-state index contributed by atoms with van der Waals surface area (Å²) in [4.78, 5) is 15.0. The van der Waals surface area contributed by atoms with Gasteiger partial charge in [0.2, 0.25) is 5.91 Å². The van der Waals surface area contributed by atoms with Gasteiger partial charge >= 0.3 is 0 Å². The van der Waals surface area contributed by atoms with Crippen LogP contribution < -0.4 is 5.32 Å². The molecule has 1 N–H and O–H groups in total. The number of nitrogens with zero attached hydrogens (tertiary/aromatic N) is 4. The van der Waals surface area contributed by atoms with E-state index in [1.807, 2.05) is 12.1 Å². The zero-order chi connectivity index (χ0) is 22.6. The van der Waals surface area contributed by atoms with Crippen LogP contribution in [-0.2, 0) is 30.4 Å². The minimum absolute atomic E-state index is 0.0608. The first-order chi connectivity index (χ1) is 16.2. The van der Waals surface area contributed by atoms with Crippen molar-refractivity contribution in [2.45, 2.75) is 48.9 Å². The highest BCUT2D eigenvalue weighted by atomic mass is 32.2. The van der Waals surface area contributed by atoms with Gasteiger partial charge in [-0.3, -0.25) is 9.69 Å². The van der Waals surface area contributed by atoms with Crippen molar-refractivity contribution in [1.29, 1.82) is 0 Å². The Hall–Kier alpha value is -2.64. The first-order valence-corrected chi connectivity index (χ1v) is 12.8. The summed E-state index contributed by atoms with van der Waals surface area (Å²) in [5.41, 5.74) is 5.01. The van der Waals surface area contributed by atoms with Gasteiger partial charge in [0.05, 0.1) is 6.54 Å². The van der Waals surface area contributed by atoms with Crippen LogP contribution in [0.1, 0.15) is 47.7 Å². The van der Waals surface area contributed by atoms with Crippen molar-refractivity contribution in [2.24, 2.45) is 7.05 Å². The number of rotatable bonds is 7. The average molecular weight is 462 g/mol. The van der Waals surface area contributed by atoms with E-state index in [0.717, 1.165) is 61.2 Å². The summed E-state index contributed by atoms with van der Waals surface area (Å²) in [5.74, 6) is 2.27. The Bertz CT molecular complexity index is 1110. The SMILES string of the molecule is Cn1c(SCc2ccccc2)nnc1[C@@H]1CCCN(CC(=O)Nc2ccc3c(c2)CCC3)C1. The summed E-state index contributed by atoms with van der Waals surface area (Å²) in [6, 6.07) is 16.8. The van der Waals surface area contributed by atoms with Gasteiger partial charge in [-0.15, -0.1) is 10.2 Å². The lowest BCUT2D eigenvalue weighted by molar-refractivity contribution is -0.117. The number of anilines is 1. The number of benzene rings is 2. The van der Waals surface area contributed by atoms with Crippen LogP contribution in [0.5, 0.6) is 0 Å². The van der Waals surface area contributed by atoms with E-state index in [9.17, 15) is 4.79 Å². The Morgan fingerprint density at radius 3 is 2.82 bits per heavy atom. The molecule has 1 saturated heterocycles. The van der Waals surface area contributed by atoms with Crippen LogP contribution >= 0.6 is 11.8 Å². The maximum absolute atomic E-state index is 12.7.